The third-order valence-corrected chi connectivity index (χ3v) is 2.02. The van der Waals surface area contributed by atoms with E-state index in [1.807, 2.05) is 0 Å². The van der Waals surface area contributed by atoms with E-state index >= 15 is 0 Å². The van der Waals surface area contributed by atoms with Gasteiger partial charge in [0.15, 0.2) is 0 Å². The van der Waals surface area contributed by atoms with Gasteiger partial charge in [0.1, 0.15) is 0 Å². The number of hydrogen-bond acceptors (Lipinski definition) is 2. The summed E-state index contributed by atoms with van der Waals surface area (Å²) in [6.07, 6.45) is 3.71. The predicted molar refractivity (Wildman–Crippen MR) is 41.6 cm³/mol. The minimum absolute atomic E-state index is 0. The van der Waals surface area contributed by atoms with Gasteiger partial charge in [-0.2, -0.15) is 0 Å². The monoisotopic (exact) mass is 345 g/mol. The summed E-state index contributed by atoms with van der Waals surface area (Å²) in [7, 11) is 0. The quantitative estimate of drug-likeness (QED) is 0.597. The van der Waals surface area contributed by atoms with E-state index in [1.54, 1.807) is 0 Å². The molecule has 0 amide bonds. The topological polar surface area (TPSA) is 115 Å². The van der Waals surface area contributed by atoms with Gasteiger partial charge in [-0.3, -0.25) is 0 Å². The molecule has 0 saturated heterocycles. The van der Waals surface area contributed by atoms with Gasteiger partial charge in [-0.1, -0.05) is 6.42 Å². The Balaban J connectivity index is -0.000000213. The van der Waals surface area contributed by atoms with Gasteiger partial charge in [-0.05, 0) is 25.3 Å². The summed E-state index contributed by atoms with van der Waals surface area (Å²) >= 11 is 0. The van der Waals surface area contributed by atoms with Gasteiger partial charge in [0.05, 0.1) is 0 Å². The molecule has 8 N–H and O–H groups in total. The van der Waals surface area contributed by atoms with Crippen molar-refractivity contribution in [2.75, 3.05) is 6.54 Å². The van der Waals surface area contributed by atoms with E-state index in [1.165, 1.54) is 19.3 Å². The zero-order chi connectivity index (χ0) is 5.98. The van der Waals surface area contributed by atoms with E-state index in [9.17, 15) is 0 Å². The standard InChI is InChI=1S/C6H14N2.2H2O.Pt/c7-4-5-2-1-3-6(5)8;;;/h5-6H,1-4,7-8H2;2*1H2;/t5-,6-;;;/m1.../s1. The first kappa shape index (κ1) is 17.6. The molecule has 5 heteroatoms. The van der Waals surface area contributed by atoms with Crippen molar-refractivity contribution in [1.29, 1.82) is 0 Å². The average molecular weight is 345 g/mol. The maximum Gasteiger partial charge on any atom is 0.00792 e. The SMILES string of the molecule is NC[C@H]1CCC[C@H]1N.O.O.[Pt]. The second kappa shape index (κ2) is 8.62. The van der Waals surface area contributed by atoms with Crippen molar-refractivity contribution in [3.8, 4) is 0 Å². The third kappa shape index (κ3) is 4.88. The molecule has 0 spiro atoms. The maximum atomic E-state index is 5.71. The van der Waals surface area contributed by atoms with Gasteiger partial charge in [0, 0.05) is 27.1 Å². The van der Waals surface area contributed by atoms with Crippen molar-refractivity contribution in [3.05, 3.63) is 0 Å². The van der Waals surface area contributed by atoms with Crippen LogP contribution < -0.4 is 11.5 Å². The fourth-order valence-corrected chi connectivity index (χ4v) is 1.36. The van der Waals surface area contributed by atoms with Crippen molar-refractivity contribution >= 4 is 0 Å². The van der Waals surface area contributed by atoms with Gasteiger partial charge in [0.25, 0.3) is 0 Å². The Bertz CT molecular complexity index is 85.0. The van der Waals surface area contributed by atoms with Crippen molar-refractivity contribution in [1.82, 2.24) is 0 Å². The largest absolute Gasteiger partial charge is 0.412 e. The first-order valence-electron chi connectivity index (χ1n) is 3.30. The molecule has 2 atom stereocenters. The molecule has 1 aliphatic carbocycles. The van der Waals surface area contributed by atoms with Crippen LogP contribution in [0, 0.1) is 5.92 Å². The van der Waals surface area contributed by atoms with Crippen LogP contribution in [0.1, 0.15) is 19.3 Å². The van der Waals surface area contributed by atoms with Crippen molar-refractivity contribution < 1.29 is 32.0 Å². The summed E-state index contributed by atoms with van der Waals surface area (Å²) < 4.78 is 0. The van der Waals surface area contributed by atoms with E-state index in [2.05, 4.69) is 0 Å². The van der Waals surface area contributed by atoms with Crippen molar-refractivity contribution in [2.24, 2.45) is 17.4 Å². The average Bonchev–Trinajstić information content (AvgIpc) is 2.14. The number of hydrogen-bond donors (Lipinski definition) is 2. The van der Waals surface area contributed by atoms with Gasteiger partial charge in [-0.25, -0.2) is 0 Å². The Morgan fingerprint density at radius 3 is 1.91 bits per heavy atom. The number of rotatable bonds is 1. The second-order valence-electron chi connectivity index (χ2n) is 2.59. The molecular formula is C6H18N2O2Pt. The Hall–Kier alpha value is 0.528. The summed E-state index contributed by atoms with van der Waals surface area (Å²) in [5.41, 5.74) is 11.2. The molecule has 1 saturated carbocycles. The fraction of sp³-hybridized carbons (Fsp3) is 1.00. The van der Waals surface area contributed by atoms with Gasteiger partial charge < -0.3 is 22.4 Å². The van der Waals surface area contributed by atoms with Gasteiger partial charge in [-0.15, -0.1) is 0 Å². The molecule has 0 radical (unpaired) electrons. The maximum absolute atomic E-state index is 5.71. The first-order chi connectivity index (χ1) is 3.84. The van der Waals surface area contributed by atoms with Crippen LogP contribution in [0.5, 0.6) is 0 Å². The smallest absolute Gasteiger partial charge is 0.00792 e. The molecule has 74 valence electrons. The molecule has 1 rings (SSSR count). The fourth-order valence-electron chi connectivity index (χ4n) is 1.36. The van der Waals surface area contributed by atoms with Crippen LogP contribution in [0.15, 0.2) is 0 Å². The van der Waals surface area contributed by atoms with E-state index in [0.717, 1.165) is 6.54 Å². The Morgan fingerprint density at radius 1 is 1.18 bits per heavy atom. The van der Waals surface area contributed by atoms with Crippen molar-refractivity contribution in [3.63, 3.8) is 0 Å². The molecule has 11 heavy (non-hydrogen) atoms. The van der Waals surface area contributed by atoms with E-state index < -0.39 is 0 Å². The van der Waals surface area contributed by atoms with Crippen LogP contribution >= 0.6 is 0 Å². The molecule has 1 fully saturated rings. The molecule has 0 bridgehead atoms. The van der Waals surface area contributed by atoms with Crippen LogP contribution in [0.3, 0.4) is 0 Å². The molecule has 0 unspecified atom stereocenters. The summed E-state index contributed by atoms with van der Waals surface area (Å²) in [5.74, 6) is 0.620. The Labute approximate surface area is 81.6 Å². The van der Waals surface area contributed by atoms with Crippen molar-refractivity contribution in [2.45, 2.75) is 25.3 Å². The molecular weight excluding hydrogens is 327 g/mol. The summed E-state index contributed by atoms with van der Waals surface area (Å²) in [5, 5.41) is 0. The normalized spacial score (nSPS) is 27.8. The van der Waals surface area contributed by atoms with Gasteiger partial charge in [0.2, 0.25) is 0 Å². The minimum atomic E-state index is 0. The molecule has 0 heterocycles. The van der Waals surface area contributed by atoms with E-state index in [-0.39, 0.29) is 32.0 Å². The third-order valence-electron chi connectivity index (χ3n) is 2.02. The van der Waals surface area contributed by atoms with Gasteiger partial charge >= 0.3 is 0 Å². The molecule has 0 aromatic carbocycles. The zero-order valence-electron chi connectivity index (χ0n) is 6.45. The van der Waals surface area contributed by atoms with Crippen LogP contribution in [-0.2, 0) is 21.1 Å². The van der Waals surface area contributed by atoms with E-state index in [0.29, 0.717) is 12.0 Å². The summed E-state index contributed by atoms with van der Waals surface area (Å²) in [6.45, 7) is 0.779. The summed E-state index contributed by atoms with van der Waals surface area (Å²) in [4.78, 5) is 0. The van der Waals surface area contributed by atoms with E-state index in [4.69, 9.17) is 11.5 Å². The predicted octanol–water partition coefficient (Wildman–Crippen LogP) is -1.58. The first-order valence-corrected chi connectivity index (χ1v) is 3.30. The Morgan fingerprint density at radius 2 is 1.73 bits per heavy atom. The molecule has 4 nitrogen and oxygen atoms in total. The van der Waals surface area contributed by atoms with Crippen LogP contribution in [0.4, 0.5) is 0 Å². The second-order valence-corrected chi connectivity index (χ2v) is 2.59. The zero-order valence-corrected chi connectivity index (χ0v) is 8.73. The summed E-state index contributed by atoms with van der Waals surface area (Å²) in [6, 6.07) is 0.403. The molecule has 0 aliphatic heterocycles. The van der Waals surface area contributed by atoms with Crippen LogP contribution in [0.2, 0.25) is 0 Å². The Kier molecular flexibility index (Phi) is 13.8. The van der Waals surface area contributed by atoms with Crippen LogP contribution in [0.25, 0.3) is 0 Å². The van der Waals surface area contributed by atoms with Crippen LogP contribution in [-0.4, -0.2) is 23.5 Å². The molecule has 1 aliphatic rings. The molecule has 0 aromatic rings. The minimum Gasteiger partial charge on any atom is -0.412 e. The number of nitrogens with two attached hydrogens (primary N) is 2. The molecule has 0 aromatic heterocycles.